The Labute approximate surface area is 183 Å². The summed E-state index contributed by atoms with van der Waals surface area (Å²) in [5, 5.41) is 4.37. The van der Waals surface area contributed by atoms with Crippen LogP contribution in [0.5, 0.6) is 0 Å². The van der Waals surface area contributed by atoms with E-state index >= 15 is 0 Å². The van der Waals surface area contributed by atoms with E-state index in [1.165, 1.54) is 10.4 Å². The van der Waals surface area contributed by atoms with E-state index in [1.807, 2.05) is 43.5 Å². The lowest BCUT2D eigenvalue weighted by Gasteiger charge is -2.20. The Balaban J connectivity index is 1.53. The molecule has 2 heterocycles. The molecule has 0 atom stereocenters. The molecule has 0 aliphatic carbocycles. The van der Waals surface area contributed by atoms with Crippen LogP contribution in [0.2, 0.25) is 0 Å². The van der Waals surface area contributed by atoms with Crippen LogP contribution in [-0.2, 0) is 16.6 Å². The number of amides is 1. The molecule has 0 saturated carbocycles. The fraction of sp³-hybridized carbons (Fsp3) is 0.304. The van der Waals surface area contributed by atoms with Gasteiger partial charge in [0.1, 0.15) is 0 Å². The highest BCUT2D eigenvalue weighted by Gasteiger charge is 2.28. The molecule has 1 aliphatic rings. The van der Waals surface area contributed by atoms with E-state index < -0.39 is 10.0 Å². The van der Waals surface area contributed by atoms with Crippen molar-refractivity contribution in [2.45, 2.75) is 31.2 Å². The topological polar surface area (TPSA) is 75.5 Å². The highest BCUT2D eigenvalue weighted by Crippen LogP contribution is 2.24. The van der Waals surface area contributed by atoms with E-state index in [0.717, 1.165) is 29.7 Å². The Morgan fingerprint density at radius 2 is 1.81 bits per heavy atom. The number of carbonyl (C=O) groups excluding carboxylic acids is 1. The first-order chi connectivity index (χ1) is 14.9. The normalized spacial score (nSPS) is 14.6. The Morgan fingerprint density at radius 3 is 2.52 bits per heavy atom. The Kier molecular flexibility index (Phi) is 5.93. The molecule has 0 N–H and O–H groups in total. The van der Waals surface area contributed by atoms with Gasteiger partial charge in [-0.3, -0.25) is 4.79 Å². The maximum Gasteiger partial charge on any atom is 0.254 e. The molecule has 1 aromatic heterocycles. The average molecular weight is 439 g/mol. The number of carbonyl (C=O) groups is 1. The van der Waals surface area contributed by atoms with E-state index in [0.29, 0.717) is 25.2 Å². The van der Waals surface area contributed by atoms with Gasteiger partial charge in [0, 0.05) is 44.0 Å². The number of aryl methyl sites for hydroxylation is 1. The maximum absolute atomic E-state index is 13.1. The van der Waals surface area contributed by atoms with Crippen molar-refractivity contribution in [3.05, 3.63) is 77.6 Å². The van der Waals surface area contributed by atoms with Crippen molar-refractivity contribution in [3.63, 3.8) is 0 Å². The molecule has 31 heavy (non-hydrogen) atoms. The molecule has 8 heteroatoms. The quantitative estimate of drug-likeness (QED) is 0.592. The monoisotopic (exact) mass is 438 g/mol. The largest absolute Gasteiger partial charge is 0.337 e. The molecule has 0 unspecified atom stereocenters. The summed E-state index contributed by atoms with van der Waals surface area (Å²) in [4.78, 5) is 14.9. The van der Waals surface area contributed by atoms with Gasteiger partial charge < -0.3 is 4.90 Å². The molecule has 1 amide bonds. The highest BCUT2D eigenvalue weighted by atomic mass is 32.2. The van der Waals surface area contributed by atoms with Crippen molar-refractivity contribution in [1.82, 2.24) is 19.0 Å². The van der Waals surface area contributed by atoms with E-state index in [4.69, 9.17) is 0 Å². The number of hydrogen-bond donors (Lipinski definition) is 0. The van der Waals surface area contributed by atoms with Crippen LogP contribution < -0.4 is 0 Å². The third kappa shape index (κ3) is 4.40. The van der Waals surface area contributed by atoms with Crippen molar-refractivity contribution in [1.29, 1.82) is 0 Å². The van der Waals surface area contributed by atoms with Crippen molar-refractivity contribution in [2.24, 2.45) is 0 Å². The van der Waals surface area contributed by atoms with Crippen molar-refractivity contribution in [3.8, 4) is 5.69 Å². The number of rotatable bonds is 6. The third-order valence-corrected chi connectivity index (χ3v) is 7.46. The molecule has 1 fully saturated rings. The summed E-state index contributed by atoms with van der Waals surface area (Å²) in [6.07, 6.45) is 5.37. The van der Waals surface area contributed by atoms with Gasteiger partial charge in [0.15, 0.2) is 0 Å². The summed E-state index contributed by atoms with van der Waals surface area (Å²) in [5.41, 5.74) is 2.98. The first-order valence-electron chi connectivity index (χ1n) is 10.3. The summed E-state index contributed by atoms with van der Waals surface area (Å²) < 4.78 is 29.1. The summed E-state index contributed by atoms with van der Waals surface area (Å²) in [5.74, 6) is -0.219. The molecule has 3 aromatic rings. The average Bonchev–Trinajstić information content (AvgIpc) is 3.47. The van der Waals surface area contributed by atoms with Gasteiger partial charge in [-0.15, -0.1) is 0 Å². The zero-order valence-electron chi connectivity index (χ0n) is 17.7. The smallest absolute Gasteiger partial charge is 0.254 e. The van der Waals surface area contributed by atoms with Crippen LogP contribution in [-0.4, -0.2) is 53.4 Å². The second-order valence-corrected chi connectivity index (χ2v) is 9.82. The minimum absolute atomic E-state index is 0.175. The second kappa shape index (κ2) is 8.64. The lowest BCUT2D eigenvalue weighted by Crippen LogP contribution is -2.29. The van der Waals surface area contributed by atoms with Crippen molar-refractivity contribution >= 4 is 15.9 Å². The minimum Gasteiger partial charge on any atom is -0.337 e. The zero-order chi connectivity index (χ0) is 22.0. The van der Waals surface area contributed by atoms with Crippen LogP contribution in [0.15, 0.2) is 65.8 Å². The SMILES string of the molecule is Cc1ccc(S(=O)(=O)N2CCCC2)cc1C(=O)N(C)Cc1cnn(-c2ccccc2)c1. The summed E-state index contributed by atoms with van der Waals surface area (Å²) in [7, 11) is -1.86. The van der Waals surface area contributed by atoms with Crippen LogP contribution in [0.1, 0.15) is 34.3 Å². The standard InChI is InChI=1S/C23H26N4O3S/c1-18-10-11-21(31(29,30)26-12-6-7-13-26)14-22(18)23(28)25(2)16-19-15-24-27(17-19)20-8-4-3-5-9-20/h3-5,8-11,14-15,17H,6-7,12-13,16H2,1-2H3. The summed E-state index contributed by atoms with van der Waals surface area (Å²) in [6, 6.07) is 14.6. The van der Waals surface area contributed by atoms with Gasteiger partial charge in [0.05, 0.1) is 16.8 Å². The Morgan fingerprint density at radius 1 is 1.10 bits per heavy atom. The number of sulfonamides is 1. The van der Waals surface area contributed by atoms with Gasteiger partial charge in [0.25, 0.3) is 5.91 Å². The number of para-hydroxylation sites is 1. The van der Waals surface area contributed by atoms with Crippen molar-refractivity contribution < 1.29 is 13.2 Å². The lowest BCUT2D eigenvalue weighted by atomic mass is 10.1. The second-order valence-electron chi connectivity index (χ2n) is 7.88. The Hall–Kier alpha value is -2.97. The van der Waals surface area contributed by atoms with E-state index in [9.17, 15) is 13.2 Å². The fourth-order valence-corrected chi connectivity index (χ4v) is 5.33. The molecule has 4 rings (SSSR count). The van der Waals surface area contributed by atoms with Crippen LogP contribution in [0.4, 0.5) is 0 Å². The van der Waals surface area contributed by atoms with E-state index in [1.54, 1.807) is 35.0 Å². The van der Waals surface area contributed by atoms with E-state index in [-0.39, 0.29) is 10.8 Å². The molecule has 1 saturated heterocycles. The number of aromatic nitrogens is 2. The fourth-order valence-electron chi connectivity index (χ4n) is 3.78. The Bertz CT molecular complexity index is 1180. The maximum atomic E-state index is 13.1. The molecule has 0 bridgehead atoms. The summed E-state index contributed by atoms with van der Waals surface area (Å²) >= 11 is 0. The first-order valence-corrected chi connectivity index (χ1v) is 11.8. The molecule has 162 valence electrons. The van der Waals surface area contributed by atoms with Gasteiger partial charge in [0.2, 0.25) is 10.0 Å². The predicted octanol–water partition coefficient (Wildman–Crippen LogP) is 3.24. The lowest BCUT2D eigenvalue weighted by molar-refractivity contribution is 0.0784. The molecule has 1 aliphatic heterocycles. The molecule has 7 nitrogen and oxygen atoms in total. The zero-order valence-corrected chi connectivity index (χ0v) is 18.5. The molecular formula is C23H26N4O3S. The van der Waals surface area contributed by atoms with E-state index in [2.05, 4.69) is 5.10 Å². The number of nitrogens with zero attached hydrogens (tertiary/aromatic N) is 4. The van der Waals surface area contributed by atoms with Gasteiger partial charge in [-0.25, -0.2) is 13.1 Å². The first kappa shape index (κ1) is 21.3. The van der Waals surface area contributed by atoms with Gasteiger partial charge in [-0.1, -0.05) is 24.3 Å². The number of benzene rings is 2. The van der Waals surface area contributed by atoms with Gasteiger partial charge in [-0.2, -0.15) is 9.40 Å². The molecular weight excluding hydrogens is 412 g/mol. The molecule has 0 radical (unpaired) electrons. The molecule has 0 spiro atoms. The predicted molar refractivity (Wildman–Crippen MR) is 119 cm³/mol. The van der Waals surface area contributed by atoms with Gasteiger partial charge >= 0.3 is 0 Å². The van der Waals surface area contributed by atoms with Crippen LogP contribution in [0.3, 0.4) is 0 Å². The van der Waals surface area contributed by atoms with Crippen LogP contribution in [0, 0.1) is 6.92 Å². The van der Waals surface area contributed by atoms with Gasteiger partial charge in [-0.05, 0) is 49.6 Å². The third-order valence-electron chi connectivity index (χ3n) is 5.57. The number of hydrogen-bond acceptors (Lipinski definition) is 4. The summed E-state index contributed by atoms with van der Waals surface area (Å²) in [6.45, 7) is 3.25. The molecule has 2 aromatic carbocycles. The highest BCUT2D eigenvalue weighted by molar-refractivity contribution is 7.89. The van der Waals surface area contributed by atoms with Crippen molar-refractivity contribution in [2.75, 3.05) is 20.1 Å². The minimum atomic E-state index is -3.57. The van der Waals surface area contributed by atoms with Crippen LogP contribution in [0.25, 0.3) is 5.69 Å². The van der Waals surface area contributed by atoms with Crippen LogP contribution >= 0.6 is 0 Å².